The Hall–Kier alpha value is -3.15. The zero-order valence-electron chi connectivity index (χ0n) is 12.6. The molecule has 0 fully saturated rings. The number of hydrogen-bond donors (Lipinski definition) is 2. The van der Waals surface area contributed by atoms with Crippen LogP contribution in [0.3, 0.4) is 0 Å². The van der Waals surface area contributed by atoms with Gasteiger partial charge in [0.15, 0.2) is 0 Å². The van der Waals surface area contributed by atoms with E-state index in [4.69, 9.17) is 10.3 Å². The predicted octanol–water partition coefficient (Wildman–Crippen LogP) is 2.56. The van der Waals surface area contributed by atoms with Gasteiger partial charge in [-0.15, -0.1) is 0 Å². The minimum Gasteiger partial charge on any atom is -0.367 e. The fourth-order valence-corrected chi connectivity index (χ4v) is 2.31. The summed E-state index contributed by atoms with van der Waals surface area (Å²) in [7, 11) is 0. The van der Waals surface area contributed by atoms with Crippen molar-refractivity contribution in [2.24, 2.45) is 0 Å². The lowest BCUT2D eigenvalue weighted by molar-refractivity contribution is 0.0952. The van der Waals surface area contributed by atoms with E-state index in [0.717, 1.165) is 11.1 Å². The van der Waals surface area contributed by atoms with Gasteiger partial charge < -0.3 is 15.6 Å². The van der Waals surface area contributed by atoms with Crippen molar-refractivity contribution in [1.29, 1.82) is 0 Å². The molecule has 23 heavy (non-hydrogen) atoms. The Bertz CT molecular complexity index is 828. The molecule has 3 N–H and O–H groups in total. The molecule has 3 aromatic rings. The van der Waals surface area contributed by atoms with Gasteiger partial charge in [-0.1, -0.05) is 35.0 Å². The monoisotopic (exact) mass is 308 g/mol. The number of nitrogens with one attached hydrogen (secondary N) is 1. The van der Waals surface area contributed by atoms with Gasteiger partial charge in [-0.2, -0.15) is 0 Å². The number of rotatable bonds is 4. The first-order valence-corrected chi connectivity index (χ1v) is 7.14. The third-order valence-corrected chi connectivity index (χ3v) is 3.42. The summed E-state index contributed by atoms with van der Waals surface area (Å²) in [6.07, 6.45) is 3.25. The highest BCUT2D eigenvalue weighted by Crippen LogP contribution is 2.26. The first-order valence-electron chi connectivity index (χ1n) is 7.14. The lowest BCUT2D eigenvalue weighted by Crippen LogP contribution is -2.23. The second-order valence-electron chi connectivity index (χ2n) is 5.18. The summed E-state index contributed by atoms with van der Waals surface area (Å²) in [4.78, 5) is 16.5. The van der Waals surface area contributed by atoms with Gasteiger partial charge in [0.25, 0.3) is 5.91 Å². The van der Waals surface area contributed by atoms with E-state index in [9.17, 15) is 4.79 Å². The molecule has 1 amide bonds. The summed E-state index contributed by atoms with van der Waals surface area (Å²) in [5.41, 5.74) is 9.20. The predicted molar refractivity (Wildman–Crippen MR) is 86.5 cm³/mol. The zero-order valence-corrected chi connectivity index (χ0v) is 12.6. The number of aromatic nitrogens is 2. The van der Waals surface area contributed by atoms with E-state index in [1.54, 1.807) is 24.5 Å². The molecule has 0 saturated carbocycles. The summed E-state index contributed by atoms with van der Waals surface area (Å²) in [6, 6.07) is 11.5. The molecule has 0 bridgehead atoms. The van der Waals surface area contributed by atoms with Crippen LogP contribution in [0.15, 0.2) is 53.3 Å². The molecular weight excluding hydrogens is 292 g/mol. The van der Waals surface area contributed by atoms with E-state index in [1.807, 2.05) is 31.2 Å². The van der Waals surface area contributed by atoms with Gasteiger partial charge >= 0.3 is 0 Å². The quantitative estimate of drug-likeness (QED) is 0.772. The summed E-state index contributed by atoms with van der Waals surface area (Å²) < 4.78 is 4.98. The molecule has 3 rings (SSSR count). The number of aryl methyl sites for hydroxylation is 1. The third kappa shape index (κ3) is 3.21. The van der Waals surface area contributed by atoms with E-state index in [2.05, 4.69) is 15.5 Å². The highest BCUT2D eigenvalue weighted by atomic mass is 16.5. The molecule has 6 heteroatoms. The summed E-state index contributed by atoms with van der Waals surface area (Å²) in [6.45, 7) is 2.40. The molecule has 0 atom stereocenters. The Kier molecular flexibility index (Phi) is 4.05. The number of amides is 1. The molecule has 2 heterocycles. The third-order valence-electron chi connectivity index (χ3n) is 3.42. The molecule has 0 aliphatic heterocycles. The van der Waals surface area contributed by atoms with Crippen molar-refractivity contribution < 1.29 is 9.32 Å². The molecule has 0 aliphatic rings. The molecule has 0 aliphatic carbocycles. The maximum atomic E-state index is 12.5. The van der Waals surface area contributed by atoms with Crippen molar-refractivity contribution >= 4 is 11.8 Å². The van der Waals surface area contributed by atoms with Crippen LogP contribution in [-0.2, 0) is 6.54 Å². The highest BCUT2D eigenvalue weighted by Gasteiger charge is 2.22. The van der Waals surface area contributed by atoms with Gasteiger partial charge in [0, 0.05) is 24.5 Å². The van der Waals surface area contributed by atoms with Crippen LogP contribution in [-0.4, -0.2) is 16.0 Å². The lowest BCUT2D eigenvalue weighted by atomic mass is 10.1. The van der Waals surface area contributed by atoms with Crippen LogP contribution in [0.4, 0.5) is 5.88 Å². The van der Waals surface area contributed by atoms with E-state index in [1.165, 1.54) is 0 Å². The van der Waals surface area contributed by atoms with Crippen LogP contribution in [0, 0.1) is 6.92 Å². The smallest absolute Gasteiger partial charge is 0.259 e. The number of hydrogen-bond acceptors (Lipinski definition) is 5. The molecule has 0 spiro atoms. The van der Waals surface area contributed by atoms with Crippen molar-refractivity contribution in [1.82, 2.24) is 15.5 Å². The van der Waals surface area contributed by atoms with Crippen molar-refractivity contribution in [2.45, 2.75) is 13.5 Å². The first kappa shape index (κ1) is 14.8. The SMILES string of the molecule is Cc1cccc(CNC(=O)c2c(-c3cccnc3)noc2N)c1. The number of nitrogens with zero attached hydrogens (tertiary/aromatic N) is 2. The van der Waals surface area contributed by atoms with Gasteiger partial charge in [-0.25, -0.2) is 0 Å². The van der Waals surface area contributed by atoms with Crippen LogP contribution >= 0.6 is 0 Å². The van der Waals surface area contributed by atoms with E-state index in [-0.39, 0.29) is 17.4 Å². The summed E-state index contributed by atoms with van der Waals surface area (Å²) in [5, 5.41) is 6.72. The van der Waals surface area contributed by atoms with Gasteiger partial charge in [0.05, 0.1) is 0 Å². The van der Waals surface area contributed by atoms with Crippen molar-refractivity contribution in [3.05, 3.63) is 65.5 Å². The molecule has 0 radical (unpaired) electrons. The van der Waals surface area contributed by atoms with Crippen molar-refractivity contribution in [3.8, 4) is 11.3 Å². The second-order valence-corrected chi connectivity index (χ2v) is 5.18. The number of pyridine rings is 1. The Morgan fingerprint density at radius 2 is 2.17 bits per heavy atom. The van der Waals surface area contributed by atoms with Gasteiger partial charge in [0.2, 0.25) is 5.88 Å². The normalized spacial score (nSPS) is 10.5. The fraction of sp³-hybridized carbons (Fsp3) is 0.118. The van der Waals surface area contributed by atoms with Crippen LogP contribution in [0.5, 0.6) is 0 Å². The molecular formula is C17H16N4O2. The van der Waals surface area contributed by atoms with Crippen molar-refractivity contribution in [2.75, 3.05) is 5.73 Å². The average molecular weight is 308 g/mol. The number of anilines is 1. The van der Waals surface area contributed by atoms with Crippen LogP contribution in [0.25, 0.3) is 11.3 Å². The number of nitrogen functional groups attached to an aromatic ring is 1. The molecule has 6 nitrogen and oxygen atoms in total. The average Bonchev–Trinajstić information content (AvgIpc) is 2.95. The van der Waals surface area contributed by atoms with E-state index < -0.39 is 0 Å². The maximum absolute atomic E-state index is 12.5. The Balaban J connectivity index is 1.81. The van der Waals surface area contributed by atoms with Crippen molar-refractivity contribution in [3.63, 3.8) is 0 Å². The van der Waals surface area contributed by atoms with Crippen LogP contribution in [0.2, 0.25) is 0 Å². The highest BCUT2D eigenvalue weighted by molar-refractivity contribution is 6.03. The number of carbonyl (C=O) groups is 1. The van der Waals surface area contributed by atoms with E-state index >= 15 is 0 Å². The van der Waals surface area contributed by atoms with Gasteiger partial charge in [-0.05, 0) is 24.6 Å². The largest absolute Gasteiger partial charge is 0.367 e. The van der Waals surface area contributed by atoms with Crippen LogP contribution in [0.1, 0.15) is 21.5 Å². The molecule has 1 aromatic carbocycles. The summed E-state index contributed by atoms with van der Waals surface area (Å²) in [5.74, 6) is -0.338. The number of benzene rings is 1. The van der Waals surface area contributed by atoms with Gasteiger partial charge in [0.1, 0.15) is 11.3 Å². The maximum Gasteiger partial charge on any atom is 0.259 e. The Morgan fingerprint density at radius 3 is 2.91 bits per heavy atom. The molecule has 0 unspecified atom stereocenters. The number of nitrogens with two attached hydrogens (primary N) is 1. The minimum atomic E-state index is -0.330. The fourth-order valence-electron chi connectivity index (χ4n) is 2.31. The molecule has 0 saturated heterocycles. The molecule has 2 aromatic heterocycles. The minimum absolute atomic E-state index is 0.00871. The Labute approximate surface area is 133 Å². The lowest BCUT2D eigenvalue weighted by Gasteiger charge is -2.06. The molecule has 116 valence electrons. The van der Waals surface area contributed by atoms with Gasteiger partial charge in [-0.3, -0.25) is 9.78 Å². The standard InChI is InChI=1S/C17H16N4O2/c1-11-4-2-5-12(8-11)9-20-17(22)14-15(21-23-16(14)18)13-6-3-7-19-10-13/h2-8,10H,9,18H2,1H3,(H,20,22). The zero-order chi connectivity index (χ0) is 16.2. The topological polar surface area (TPSA) is 94.0 Å². The number of carbonyl (C=O) groups excluding carboxylic acids is 1. The first-order chi connectivity index (χ1) is 11.1. The summed E-state index contributed by atoms with van der Waals surface area (Å²) >= 11 is 0. The Morgan fingerprint density at radius 1 is 1.30 bits per heavy atom. The van der Waals surface area contributed by atoms with Crippen LogP contribution < -0.4 is 11.1 Å². The van der Waals surface area contributed by atoms with E-state index in [0.29, 0.717) is 17.8 Å². The second kappa shape index (κ2) is 6.31.